The summed E-state index contributed by atoms with van der Waals surface area (Å²) in [6, 6.07) is 0. The quantitative estimate of drug-likeness (QED) is 0.650. The van der Waals surface area contributed by atoms with Gasteiger partial charge in [-0.3, -0.25) is 9.59 Å². The molecule has 3 aliphatic carbocycles. The lowest BCUT2D eigenvalue weighted by molar-refractivity contribution is -0.122. The number of allylic oxidation sites excluding steroid dienone is 2. The molecular formula is C15H20O2. The number of rotatable bonds is 1. The minimum Gasteiger partial charge on any atom is -0.299 e. The van der Waals surface area contributed by atoms with Crippen molar-refractivity contribution in [2.75, 3.05) is 0 Å². The van der Waals surface area contributed by atoms with Crippen LogP contribution in [0.15, 0.2) is 11.1 Å². The monoisotopic (exact) mass is 232 g/mol. The number of carbonyl (C=O) groups is 2. The van der Waals surface area contributed by atoms with Crippen LogP contribution in [0.5, 0.6) is 0 Å². The van der Waals surface area contributed by atoms with Crippen molar-refractivity contribution in [3.63, 3.8) is 0 Å². The Morgan fingerprint density at radius 1 is 0.882 bits per heavy atom. The van der Waals surface area contributed by atoms with E-state index in [2.05, 4.69) is 0 Å². The Balaban J connectivity index is 1.72. The van der Waals surface area contributed by atoms with Crippen molar-refractivity contribution in [1.29, 1.82) is 0 Å². The summed E-state index contributed by atoms with van der Waals surface area (Å²) in [7, 11) is 0. The molecule has 3 rings (SSSR count). The fourth-order valence-electron chi connectivity index (χ4n) is 3.89. The van der Waals surface area contributed by atoms with Gasteiger partial charge in [-0.15, -0.1) is 0 Å². The van der Waals surface area contributed by atoms with Gasteiger partial charge in [-0.1, -0.05) is 11.1 Å². The van der Waals surface area contributed by atoms with E-state index < -0.39 is 0 Å². The van der Waals surface area contributed by atoms with Crippen LogP contribution in [0.3, 0.4) is 0 Å². The molecule has 92 valence electrons. The molecule has 1 saturated carbocycles. The Morgan fingerprint density at radius 3 is 2.53 bits per heavy atom. The third kappa shape index (κ3) is 2.10. The molecule has 17 heavy (non-hydrogen) atoms. The Morgan fingerprint density at radius 2 is 1.76 bits per heavy atom. The summed E-state index contributed by atoms with van der Waals surface area (Å²) in [5.41, 5.74) is 2.95. The van der Waals surface area contributed by atoms with Crippen LogP contribution in [-0.2, 0) is 9.59 Å². The number of hydrogen-bond acceptors (Lipinski definition) is 2. The van der Waals surface area contributed by atoms with E-state index >= 15 is 0 Å². The van der Waals surface area contributed by atoms with E-state index in [0.29, 0.717) is 29.8 Å². The van der Waals surface area contributed by atoms with Crippen molar-refractivity contribution in [3.05, 3.63) is 11.1 Å². The minimum atomic E-state index is 0.349. The number of ketones is 2. The summed E-state index contributed by atoms with van der Waals surface area (Å²) in [5, 5.41) is 0. The molecule has 0 aromatic heterocycles. The van der Waals surface area contributed by atoms with Gasteiger partial charge in [0.1, 0.15) is 11.6 Å². The van der Waals surface area contributed by atoms with Crippen LogP contribution in [0.1, 0.15) is 57.8 Å². The van der Waals surface area contributed by atoms with Gasteiger partial charge in [0.2, 0.25) is 0 Å². The molecule has 2 nitrogen and oxygen atoms in total. The fourth-order valence-corrected chi connectivity index (χ4v) is 3.89. The van der Waals surface area contributed by atoms with Crippen LogP contribution in [-0.4, -0.2) is 11.6 Å². The second-order valence-corrected chi connectivity index (χ2v) is 5.89. The zero-order valence-electron chi connectivity index (χ0n) is 10.3. The summed E-state index contributed by atoms with van der Waals surface area (Å²) >= 11 is 0. The van der Waals surface area contributed by atoms with Crippen LogP contribution in [0.25, 0.3) is 0 Å². The largest absolute Gasteiger partial charge is 0.299 e. The van der Waals surface area contributed by atoms with Crippen molar-refractivity contribution in [2.24, 2.45) is 11.8 Å². The smallest absolute Gasteiger partial charge is 0.137 e. The molecule has 0 amide bonds. The SMILES string of the molecule is O=C1CCC2=C(CC[C@H]([C@@H]3CCCC3=O)C2)C1. The molecule has 2 heteroatoms. The third-order valence-corrected chi connectivity index (χ3v) is 4.86. The molecule has 0 aromatic rings. The Hall–Kier alpha value is -0.920. The van der Waals surface area contributed by atoms with Crippen LogP contribution < -0.4 is 0 Å². The van der Waals surface area contributed by atoms with Gasteiger partial charge in [-0.2, -0.15) is 0 Å². The van der Waals surface area contributed by atoms with Crippen molar-refractivity contribution < 1.29 is 9.59 Å². The van der Waals surface area contributed by atoms with Crippen molar-refractivity contribution >= 4 is 11.6 Å². The molecule has 0 aromatic carbocycles. The Bertz CT molecular complexity index is 392. The predicted octanol–water partition coefficient (Wildman–Crippen LogP) is 3.21. The maximum absolute atomic E-state index is 11.8. The zero-order chi connectivity index (χ0) is 11.8. The van der Waals surface area contributed by atoms with Gasteiger partial charge < -0.3 is 0 Å². The summed E-state index contributed by atoms with van der Waals surface area (Å²) < 4.78 is 0. The standard InChI is InChI=1S/C15H20O2/c16-13-7-6-10-8-12(5-4-11(10)9-13)14-2-1-3-15(14)17/h12,14H,1-9H2/t12-,14-/m0/s1. The molecule has 0 bridgehead atoms. The molecule has 0 unspecified atom stereocenters. The highest BCUT2D eigenvalue weighted by molar-refractivity contribution is 5.84. The van der Waals surface area contributed by atoms with E-state index in [4.69, 9.17) is 0 Å². The average molecular weight is 232 g/mol. The van der Waals surface area contributed by atoms with Crippen molar-refractivity contribution in [3.8, 4) is 0 Å². The number of hydrogen-bond donors (Lipinski definition) is 0. The highest BCUT2D eigenvalue weighted by Crippen LogP contribution is 2.43. The predicted molar refractivity (Wildman–Crippen MR) is 65.6 cm³/mol. The van der Waals surface area contributed by atoms with Gasteiger partial charge in [-0.25, -0.2) is 0 Å². The van der Waals surface area contributed by atoms with E-state index in [1.807, 2.05) is 0 Å². The van der Waals surface area contributed by atoms with E-state index in [1.54, 1.807) is 0 Å². The Labute approximate surface area is 102 Å². The third-order valence-electron chi connectivity index (χ3n) is 4.86. The Kier molecular flexibility index (Phi) is 2.89. The first kappa shape index (κ1) is 11.2. The molecule has 2 atom stereocenters. The van der Waals surface area contributed by atoms with Gasteiger partial charge in [0, 0.05) is 25.2 Å². The maximum atomic E-state index is 11.8. The van der Waals surface area contributed by atoms with Gasteiger partial charge >= 0.3 is 0 Å². The second-order valence-electron chi connectivity index (χ2n) is 5.89. The van der Waals surface area contributed by atoms with Gasteiger partial charge in [-0.05, 0) is 44.4 Å². The highest BCUT2D eigenvalue weighted by Gasteiger charge is 2.35. The summed E-state index contributed by atoms with van der Waals surface area (Å²) in [6.45, 7) is 0. The molecule has 0 radical (unpaired) electrons. The topological polar surface area (TPSA) is 34.1 Å². The van der Waals surface area contributed by atoms with E-state index in [1.165, 1.54) is 11.1 Å². The lowest BCUT2D eigenvalue weighted by Crippen LogP contribution is -2.25. The first-order valence-electron chi connectivity index (χ1n) is 6.98. The van der Waals surface area contributed by atoms with Crippen molar-refractivity contribution in [2.45, 2.75) is 57.8 Å². The molecule has 3 aliphatic rings. The number of Topliss-reactive ketones (excluding diaryl/α,β-unsaturated/α-hetero) is 2. The minimum absolute atomic E-state index is 0.349. The highest BCUT2D eigenvalue weighted by atomic mass is 16.1. The molecule has 0 N–H and O–H groups in total. The molecular weight excluding hydrogens is 212 g/mol. The average Bonchev–Trinajstić information content (AvgIpc) is 2.75. The van der Waals surface area contributed by atoms with Crippen LogP contribution in [0.2, 0.25) is 0 Å². The normalized spacial score (nSPS) is 34.1. The number of carbonyl (C=O) groups excluding carboxylic acids is 2. The van der Waals surface area contributed by atoms with Gasteiger partial charge in [0.25, 0.3) is 0 Å². The molecule has 0 spiro atoms. The van der Waals surface area contributed by atoms with Crippen LogP contribution in [0.4, 0.5) is 0 Å². The van der Waals surface area contributed by atoms with E-state index in [0.717, 1.165) is 51.4 Å². The lowest BCUT2D eigenvalue weighted by atomic mass is 9.72. The fraction of sp³-hybridized carbons (Fsp3) is 0.733. The van der Waals surface area contributed by atoms with Gasteiger partial charge in [0.05, 0.1) is 0 Å². The summed E-state index contributed by atoms with van der Waals surface area (Å²) in [6.07, 6.45) is 8.79. The summed E-state index contributed by atoms with van der Waals surface area (Å²) in [5.74, 6) is 1.86. The van der Waals surface area contributed by atoms with Crippen LogP contribution in [0, 0.1) is 11.8 Å². The molecule has 1 fully saturated rings. The van der Waals surface area contributed by atoms with E-state index in [-0.39, 0.29) is 0 Å². The summed E-state index contributed by atoms with van der Waals surface area (Å²) in [4.78, 5) is 23.2. The maximum Gasteiger partial charge on any atom is 0.137 e. The first-order chi connectivity index (χ1) is 8.24. The van der Waals surface area contributed by atoms with Gasteiger partial charge in [0.15, 0.2) is 0 Å². The van der Waals surface area contributed by atoms with Crippen LogP contribution >= 0.6 is 0 Å². The molecule has 0 saturated heterocycles. The van der Waals surface area contributed by atoms with Crippen molar-refractivity contribution in [1.82, 2.24) is 0 Å². The second kappa shape index (κ2) is 4.40. The zero-order valence-corrected chi connectivity index (χ0v) is 10.3. The lowest BCUT2D eigenvalue weighted by Gasteiger charge is -2.32. The molecule has 0 heterocycles. The van der Waals surface area contributed by atoms with E-state index in [9.17, 15) is 9.59 Å². The molecule has 0 aliphatic heterocycles. The first-order valence-corrected chi connectivity index (χ1v) is 6.98.